The van der Waals surface area contributed by atoms with E-state index in [1.54, 1.807) is 30.5 Å². The molecular weight excluding hydrogens is 278 g/mol. The third kappa shape index (κ3) is 3.17. The predicted molar refractivity (Wildman–Crippen MR) is 69.1 cm³/mol. The van der Waals surface area contributed by atoms with E-state index >= 15 is 0 Å². The second-order valence-corrected chi connectivity index (χ2v) is 4.98. The van der Waals surface area contributed by atoms with Gasteiger partial charge in [-0.05, 0) is 36.2 Å². The third-order valence-corrected chi connectivity index (χ3v) is 3.20. The van der Waals surface area contributed by atoms with Crippen molar-refractivity contribution in [2.24, 2.45) is 0 Å². The molecule has 0 aliphatic heterocycles. The van der Waals surface area contributed by atoms with E-state index in [9.17, 15) is 8.78 Å². The van der Waals surface area contributed by atoms with Crippen LogP contribution in [-0.2, 0) is 0 Å². The molecule has 1 heterocycles. The van der Waals surface area contributed by atoms with E-state index in [0.29, 0.717) is 22.4 Å². The molecule has 2 rings (SSSR count). The summed E-state index contributed by atoms with van der Waals surface area (Å²) in [4.78, 5) is 8.53. The normalized spacial score (nSPS) is 10.9. The lowest BCUT2D eigenvalue weighted by Gasteiger charge is -2.06. The fourth-order valence-electron chi connectivity index (χ4n) is 1.51. The first-order valence-corrected chi connectivity index (χ1v) is 6.36. The van der Waals surface area contributed by atoms with Gasteiger partial charge in [-0.1, -0.05) is 23.9 Å². The number of nitrogens with zero attached hydrogens (tertiary/aromatic N) is 2. The van der Waals surface area contributed by atoms with E-state index in [1.807, 2.05) is 6.92 Å². The van der Waals surface area contributed by atoms with E-state index in [1.165, 1.54) is 0 Å². The highest BCUT2D eigenvalue weighted by Gasteiger charge is 2.08. The number of thioether (sulfide) groups is 1. The van der Waals surface area contributed by atoms with Crippen molar-refractivity contribution in [2.75, 3.05) is 0 Å². The van der Waals surface area contributed by atoms with Crippen LogP contribution in [0.5, 0.6) is 0 Å². The van der Waals surface area contributed by atoms with Gasteiger partial charge in [0.2, 0.25) is 5.28 Å². The Bertz CT molecular complexity index is 546. The summed E-state index contributed by atoms with van der Waals surface area (Å²) in [5, 5.41) is 0.168. The van der Waals surface area contributed by atoms with Crippen LogP contribution in [0.15, 0.2) is 35.4 Å². The topological polar surface area (TPSA) is 25.8 Å². The molecule has 1 aromatic heterocycles. The molecule has 18 heavy (non-hydrogen) atoms. The number of hydrogen-bond donors (Lipinski definition) is 0. The van der Waals surface area contributed by atoms with Gasteiger partial charge in [0, 0.05) is 16.7 Å². The number of aryl methyl sites for hydroxylation is 1. The highest BCUT2D eigenvalue weighted by molar-refractivity contribution is 7.99. The molecule has 2 nitrogen and oxygen atoms in total. The van der Waals surface area contributed by atoms with Gasteiger partial charge in [-0.15, -0.1) is 0 Å². The Balaban J connectivity index is 2.31. The van der Waals surface area contributed by atoms with E-state index < -0.39 is 5.76 Å². The quantitative estimate of drug-likeness (QED) is 0.617. The molecule has 0 aliphatic rings. The summed E-state index contributed by atoms with van der Waals surface area (Å²) in [6, 6.07) is 6.77. The van der Waals surface area contributed by atoms with Crippen molar-refractivity contribution >= 4 is 23.4 Å². The molecule has 0 unspecified atom stereocenters. The molecule has 0 fully saturated rings. The van der Waals surface area contributed by atoms with Crippen molar-refractivity contribution in [1.29, 1.82) is 0 Å². The van der Waals surface area contributed by atoms with E-state index in [2.05, 4.69) is 9.97 Å². The Morgan fingerprint density at radius 1 is 1.22 bits per heavy atom. The van der Waals surface area contributed by atoms with Gasteiger partial charge in [-0.3, -0.25) is 0 Å². The van der Waals surface area contributed by atoms with Gasteiger partial charge >= 0.3 is 0 Å². The minimum Gasteiger partial charge on any atom is -0.226 e. The highest BCUT2D eigenvalue weighted by atomic mass is 35.5. The zero-order chi connectivity index (χ0) is 13.1. The zero-order valence-corrected chi connectivity index (χ0v) is 11.0. The summed E-state index contributed by atoms with van der Waals surface area (Å²) >= 11 is 6.26. The number of halogens is 3. The summed E-state index contributed by atoms with van der Waals surface area (Å²) in [6.45, 7) is 1.87. The molecule has 0 bridgehead atoms. The molecule has 0 spiro atoms. The number of aromatic nitrogens is 2. The lowest BCUT2D eigenvalue weighted by Crippen LogP contribution is -1.91. The van der Waals surface area contributed by atoms with Crippen molar-refractivity contribution in [1.82, 2.24) is 9.97 Å². The molecule has 0 saturated carbocycles. The number of hydrogen-bond acceptors (Lipinski definition) is 3. The van der Waals surface area contributed by atoms with Crippen LogP contribution in [0.1, 0.15) is 5.56 Å². The predicted octanol–water partition coefficient (Wildman–Crippen LogP) is 4.42. The first-order chi connectivity index (χ1) is 8.56. The first-order valence-electron chi connectivity index (χ1n) is 5.10. The second-order valence-electron chi connectivity index (χ2n) is 3.57. The fraction of sp³-hybridized carbons (Fsp3) is 0.167. The fourth-order valence-corrected chi connectivity index (χ4v) is 2.14. The maximum atomic E-state index is 12.2. The van der Waals surface area contributed by atoms with E-state index in [-0.39, 0.29) is 5.28 Å². The van der Waals surface area contributed by atoms with Crippen LogP contribution in [0.25, 0.3) is 11.3 Å². The van der Waals surface area contributed by atoms with Crippen LogP contribution < -0.4 is 0 Å². The van der Waals surface area contributed by atoms with Gasteiger partial charge in [0.25, 0.3) is 5.76 Å². The van der Waals surface area contributed by atoms with Crippen LogP contribution in [0.2, 0.25) is 5.28 Å². The van der Waals surface area contributed by atoms with Gasteiger partial charge in [0.15, 0.2) is 0 Å². The minimum atomic E-state index is -2.41. The van der Waals surface area contributed by atoms with Crippen LogP contribution in [-0.4, -0.2) is 15.7 Å². The SMILES string of the molecule is Cc1cnc(Cl)nc1-c1ccc(SC(F)F)cc1. The standard InChI is InChI=1S/C12H9ClF2N2S/c1-7-6-16-11(13)17-10(7)8-2-4-9(5-3-8)18-12(14)15/h2-6,12H,1H3. The third-order valence-electron chi connectivity index (χ3n) is 2.30. The first kappa shape index (κ1) is 13.2. The Labute approximate surface area is 112 Å². The van der Waals surface area contributed by atoms with Gasteiger partial charge in [-0.25, -0.2) is 9.97 Å². The maximum Gasteiger partial charge on any atom is 0.288 e. The largest absolute Gasteiger partial charge is 0.288 e. The summed E-state index contributed by atoms with van der Waals surface area (Å²) in [6.07, 6.45) is 1.63. The maximum absolute atomic E-state index is 12.2. The lowest BCUT2D eigenvalue weighted by molar-refractivity contribution is 0.252. The lowest BCUT2D eigenvalue weighted by atomic mass is 10.1. The van der Waals surface area contributed by atoms with E-state index in [0.717, 1.165) is 11.1 Å². The molecule has 0 radical (unpaired) electrons. The molecule has 0 aliphatic carbocycles. The van der Waals surface area contributed by atoms with Crippen LogP contribution in [0.3, 0.4) is 0 Å². The van der Waals surface area contributed by atoms with Crippen molar-refractivity contribution in [2.45, 2.75) is 17.6 Å². The Hall–Kier alpha value is -1.20. The summed E-state index contributed by atoms with van der Waals surface area (Å²) in [5.41, 5.74) is 2.42. The number of alkyl halides is 2. The highest BCUT2D eigenvalue weighted by Crippen LogP contribution is 2.28. The number of rotatable bonds is 3. The van der Waals surface area contributed by atoms with Crippen molar-refractivity contribution in [3.05, 3.63) is 41.3 Å². The molecule has 0 N–H and O–H groups in total. The van der Waals surface area contributed by atoms with E-state index in [4.69, 9.17) is 11.6 Å². The van der Waals surface area contributed by atoms with Crippen LogP contribution >= 0.6 is 23.4 Å². The summed E-state index contributed by atoms with van der Waals surface area (Å²) in [5.74, 6) is -2.41. The van der Waals surface area contributed by atoms with Gasteiger partial charge in [-0.2, -0.15) is 8.78 Å². The second kappa shape index (κ2) is 5.63. The van der Waals surface area contributed by atoms with Gasteiger partial charge in [0.1, 0.15) is 0 Å². The Kier molecular flexibility index (Phi) is 4.14. The average molecular weight is 287 g/mol. The molecule has 2 aromatic rings. The van der Waals surface area contributed by atoms with Gasteiger partial charge < -0.3 is 0 Å². The smallest absolute Gasteiger partial charge is 0.226 e. The molecule has 0 atom stereocenters. The Morgan fingerprint density at radius 2 is 1.89 bits per heavy atom. The monoisotopic (exact) mass is 286 g/mol. The minimum absolute atomic E-state index is 0.168. The zero-order valence-electron chi connectivity index (χ0n) is 9.40. The van der Waals surface area contributed by atoms with Crippen LogP contribution in [0, 0.1) is 6.92 Å². The molecular formula is C12H9ClF2N2S. The van der Waals surface area contributed by atoms with Gasteiger partial charge in [0.05, 0.1) is 5.69 Å². The summed E-state index contributed by atoms with van der Waals surface area (Å²) < 4.78 is 24.4. The van der Waals surface area contributed by atoms with Crippen molar-refractivity contribution in [3.8, 4) is 11.3 Å². The molecule has 0 amide bonds. The van der Waals surface area contributed by atoms with Crippen molar-refractivity contribution < 1.29 is 8.78 Å². The molecule has 94 valence electrons. The molecule has 6 heteroatoms. The average Bonchev–Trinajstić information content (AvgIpc) is 2.33. The van der Waals surface area contributed by atoms with Crippen LogP contribution in [0.4, 0.5) is 8.78 Å². The number of benzene rings is 1. The molecule has 0 saturated heterocycles. The Morgan fingerprint density at radius 3 is 2.50 bits per heavy atom. The van der Waals surface area contributed by atoms with Crippen molar-refractivity contribution in [3.63, 3.8) is 0 Å². The summed E-state index contributed by atoms with van der Waals surface area (Å²) in [7, 11) is 0. The molecule has 1 aromatic carbocycles.